The fourth-order valence-electron chi connectivity index (χ4n) is 1.87. The average molecular weight is 265 g/mol. The molecule has 1 heterocycles. The molecule has 1 aromatic carbocycles. The number of hydrogen-bond donors (Lipinski definition) is 1. The Balaban J connectivity index is 2.13. The number of halogens is 1. The lowest BCUT2D eigenvalue weighted by molar-refractivity contribution is 0.178. The van der Waals surface area contributed by atoms with Crippen molar-refractivity contribution in [1.82, 2.24) is 9.78 Å². The maximum Gasteiger partial charge on any atom is 0.0861 e. The summed E-state index contributed by atoms with van der Waals surface area (Å²) in [5.74, 6) is 0. The minimum absolute atomic E-state index is 0.508. The van der Waals surface area contributed by atoms with Gasteiger partial charge in [0.15, 0.2) is 0 Å². The van der Waals surface area contributed by atoms with Crippen LogP contribution in [0.25, 0.3) is 0 Å². The molecule has 3 nitrogen and oxygen atoms in total. The second-order valence-electron chi connectivity index (χ2n) is 4.44. The largest absolute Gasteiger partial charge is 0.388 e. The molecule has 1 aromatic heterocycles. The Kier molecular flexibility index (Phi) is 4.04. The van der Waals surface area contributed by atoms with Crippen LogP contribution >= 0.6 is 11.6 Å². The van der Waals surface area contributed by atoms with Crippen molar-refractivity contribution in [3.63, 3.8) is 0 Å². The van der Waals surface area contributed by atoms with E-state index in [4.69, 9.17) is 11.6 Å². The molecule has 0 amide bonds. The molecule has 18 heavy (non-hydrogen) atoms. The lowest BCUT2D eigenvalue weighted by Gasteiger charge is -2.10. The minimum Gasteiger partial charge on any atom is -0.388 e. The Labute approximate surface area is 112 Å². The van der Waals surface area contributed by atoms with Crippen molar-refractivity contribution in [1.29, 1.82) is 0 Å². The van der Waals surface area contributed by atoms with Crippen molar-refractivity contribution in [2.24, 2.45) is 0 Å². The van der Waals surface area contributed by atoms with Crippen LogP contribution in [0, 0.1) is 6.92 Å². The molecule has 0 aliphatic rings. The molecule has 1 N–H and O–H groups in total. The maximum atomic E-state index is 10.2. The predicted octanol–water partition coefficient (Wildman–Crippen LogP) is 3.14. The van der Waals surface area contributed by atoms with Crippen LogP contribution in [0.15, 0.2) is 30.6 Å². The summed E-state index contributed by atoms with van der Waals surface area (Å²) < 4.78 is 1.80. The molecule has 0 saturated carbocycles. The molecule has 0 fully saturated rings. The first-order valence-electron chi connectivity index (χ1n) is 6.05. The highest BCUT2D eigenvalue weighted by atomic mass is 35.5. The highest BCUT2D eigenvalue weighted by Gasteiger charge is 2.12. The fraction of sp³-hybridized carbons (Fsp3) is 0.357. The molecular weight excluding hydrogens is 248 g/mol. The zero-order valence-corrected chi connectivity index (χ0v) is 11.4. The van der Waals surface area contributed by atoms with E-state index in [0.29, 0.717) is 11.4 Å². The molecule has 0 radical (unpaired) electrons. The van der Waals surface area contributed by atoms with E-state index in [0.717, 1.165) is 23.2 Å². The molecule has 0 aliphatic heterocycles. The first-order valence-corrected chi connectivity index (χ1v) is 6.43. The predicted molar refractivity (Wildman–Crippen MR) is 72.8 cm³/mol. The highest BCUT2D eigenvalue weighted by Crippen LogP contribution is 2.24. The summed E-state index contributed by atoms with van der Waals surface area (Å²) in [6, 6.07) is 5.88. The van der Waals surface area contributed by atoms with E-state index in [-0.39, 0.29) is 0 Å². The average Bonchev–Trinajstić information content (AvgIpc) is 2.81. The zero-order chi connectivity index (χ0) is 13.1. The summed E-state index contributed by atoms with van der Waals surface area (Å²) in [7, 11) is 0. The molecule has 2 aromatic rings. The zero-order valence-electron chi connectivity index (χ0n) is 10.6. The van der Waals surface area contributed by atoms with Crippen LogP contribution in [0.4, 0.5) is 0 Å². The molecular formula is C14H17ClN2O. The van der Waals surface area contributed by atoms with E-state index in [9.17, 15) is 5.11 Å². The van der Waals surface area contributed by atoms with E-state index in [1.165, 1.54) is 0 Å². The van der Waals surface area contributed by atoms with Crippen LogP contribution in [-0.2, 0) is 13.0 Å². The molecule has 0 bridgehead atoms. The van der Waals surface area contributed by atoms with Gasteiger partial charge in [-0.25, -0.2) is 0 Å². The fourth-order valence-corrected chi connectivity index (χ4v) is 2.18. The van der Waals surface area contributed by atoms with Gasteiger partial charge in [-0.15, -0.1) is 0 Å². The Morgan fingerprint density at radius 2 is 2.22 bits per heavy atom. The van der Waals surface area contributed by atoms with Crippen molar-refractivity contribution in [2.45, 2.75) is 32.9 Å². The van der Waals surface area contributed by atoms with E-state index < -0.39 is 6.10 Å². The van der Waals surface area contributed by atoms with Crippen molar-refractivity contribution in [3.8, 4) is 0 Å². The first kappa shape index (κ1) is 13.1. The second-order valence-corrected chi connectivity index (χ2v) is 4.85. The lowest BCUT2D eigenvalue weighted by Crippen LogP contribution is -2.01. The summed E-state index contributed by atoms with van der Waals surface area (Å²) in [5, 5.41) is 15.0. The van der Waals surface area contributed by atoms with E-state index in [1.807, 2.05) is 38.2 Å². The van der Waals surface area contributed by atoms with E-state index >= 15 is 0 Å². The molecule has 1 unspecified atom stereocenters. The Hall–Kier alpha value is -1.32. The third-order valence-corrected chi connectivity index (χ3v) is 3.34. The molecule has 4 heteroatoms. The van der Waals surface area contributed by atoms with Gasteiger partial charge in [-0.3, -0.25) is 4.68 Å². The lowest BCUT2D eigenvalue weighted by atomic mass is 10.0. The Morgan fingerprint density at radius 1 is 1.44 bits per heavy atom. The highest BCUT2D eigenvalue weighted by molar-refractivity contribution is 6.31. The quantitative estimate of drug-likeness (QED) is 0.921. The first-order chi connectivity index (χ1) is 8.60. The SMILES string of the molecule is CCn1cc(C(O)Cc2ccc(C)cc2Cl)cn1. The molecule has 96 valence electrons. The number of aromatic nitrogens is 2. The number of rotatable bonds is 4. The van der Waals surface area contributed by atoms with Gasteiger partial charge in [0, 0.05) is 29.7 Å². The topological polar surface area (TPSA) is 38.0 Å². The van der Waals surface area contributed by atoms with Crippen molar-refractivity contribution >= 4 is 11.6 Å². The normalized spacial score (nSPS) is 12.7. The van der Waals surface area contributed by atoms with Gasteiger partial charge in [0.1, 0.15) is 0 Å². The van der Waals surface area contributed by atoms with Crippen molar-refractivity contribution in [3.05, 3.63) is 52.3 Å². The van der Waals surface area contributed by atoms with Crippen molar-refractivity contribution < 1.29 is 5.11 Å². The minimum atomic E-state index is -0.564. The van der Waals surface area contributed by atoms with Crippen LogP contribution in [-0.4, -0.2) is 14.9 Å². The van der Waals surface area contributed by atoms with Gasteiger partial charge in [0.2, 0.25) is 0 Å². The Morgan fingerprint density at radius 3 is 2.83 bits per heavy atom. The van der Waals surface area contributed by atoms with Crippen LogP contribution < -0.4 is 0 Å². The standard InChI is InChI=1S/C14H17ClN2O/c1-3-17-9-12(8-16-17)14(18)7-11-5-4-10(2)6-13(11)15/h4-6,8-9,14,18H,3,7H2,1-2H3. The van der Waals surface area contributed by atoms with Gasteiger partial charge in [-0.05, 0) is 31.0 Å². The van der Waals surface area contributed by atoms with Crippen LogP contribution in [0.3, 0.4) is 0 Å². The van der Waals surface area contributed by atoms with E-state index in [1.54, 1.807) is 10.9 Å². The smallest absolute Gasteiger partial charge is 0.0861 e. The van der Waals surface area contributed by atoms with Gasteiger partial charge >= 0.3 is 0 Å². The number of hydrogen-bond acceptors (Lipinski definition) is 2. The monoisotopic (exact) mass is 264 g/mol. The summed E-state index contributed by atoms with van der Waals surface area (Å²) in [4.78, 5) is 0. The number of aryl methyl sites for hydroxylation is 2. The van der Waals surface area contributed by atoms with Crippen LogP contribution in [0.5, 0.6) is 0 Å². The third kappa shape index (κ3) is 2.92. The van der Waals surface area contributed by atoms with Crippen LogP contribution in [0.1, 0.15) is 29.7 Å². The number of nitrogens with zero attached hydrogens (tertiary/aromatic N) is 2. The molecule has 2 rings (SSSR count). The molecule has 0 aliphatic carbocycles. The third-order valence-electron chi connectivity index (χ3n) is 2.98. The van der Waals surface area contributed by atoms with Gasteiger partial charge in [0.25, 0.3) is 0 Å². The maximum absolute atomic E-state index is 10.2. The van der Waals surface area contributed by atoms with Gasteiger partial charge in [-0.1, -0.05) is 23.7 Å². The second kappa shape index (κ2) is 5.55. The summed E-state index contributed by atoms with van der Waals surface area (Å²) in [6.07, 6.45) is 3.52. The number of aliphatic hydroxyl groups is 1. The van der Waals surface area contributed by atoms with Gasteiger partial charge < -0.3 is 5.11 Å². The van der Waals surface area contributed by atoms with E-state index in [2.05, 4.69) is 5.10 Å². The Bertz CT molecular complexity index is 536. The molecule has 1 atom stereocenters. The van der Waals surface area contributed by atoms with Crippen LogP contribution in [0.2, 0.25) is 5.02 Å². The summed E-state index contributed by atoms with van der Waals surface area (Å²) in [5.41, 5.74) is 2.91. The van der Waals surface area contributed by atoms with Crippen molar-refractivity contribution in [2.75, 3.05) is 0 Å². The van der Waals surface area contributed by atoms with Gasteiger partial charge in [-0.2, -0.15) is 5.10 Å². The summed E-state index contributed by atoms with van der Waals surface area (Å²) >= 11 is 6.16. The number of benzene rings is 1. The summed E-state index contributed by atoms with van der Waals surface area (Å²) in [6.45, 7) is 4.81. The number of aliphatic hydroxyl groups excluding tert-OH is 1. The molecule has 0 spiro atoms. The molecule has 0 saturated heterocycles. The van der Waals surface area contributed by atoms with Gasteiger partial charge in [0.05, 0.1) is 12.3 Å².